The highest BCUT2D eigenvalue weighted by atomic mass is 14.8. The molecule has 53 valence electrons. The second-order valence-electron chi connectivity index (χ2n) is 2.36. The molecule has 0 aromatic carbocycles. The number of hydrogen-bond donors (Lipinski definition) is 0. The van der Waals surface area contributed by atoms with Crippen LogP contribution in [0.25, 0.3) is 0 Å². The van der Waals surface area contributed by atoms with Gasteiger partial charge in [0.2, 0.25) is 0 Å². The smallest absolute Gasteiger partial charge is 0.115 e. The van der Waals surface area contributed by atoms with Crippen LogP contribution >= 0.6 is 0 Å². The molecule has 2 heteroatoms. The second kappa shape index (κ2) is 3.30. The SMILES string of the molecule is CCC(C)c1[c]cncn1. The molecule has 1 radical (unpaired) electrons. The highest BCUT2D eigenvalue weighted by Crippen LogP contribution is 2.13. The summed E-state index contributed by atoms with van der Waals surface area (Å²) in [5.41, 5.74) is 1.01. The molecule has 1 atom stereocenters. The Bertz CT molecular complexity index is 184. The van der Waals surface area contributed by atoms with Gasteiger partial charge in [0.25, 0.3) is 0 Å². The standard InChI is InChI=1S/C8H11N2/c1-3-7(2)8-4-5-9-6-10-8/h5-7H,3H2,1-2H3. The van der Waals surface area contributed by atoms with Crippen LogP contribution in [0.2, 0.25) is 0 Å². The minimum absolute atomic E-state index is 0.503. The summed E-state index contributed by atoms with van der Waals surface area (Å²) in [5.74, 6) is 0.503. The van der Waals surface area contributed by atoms with E-state index in [0.717, 1.165) is 12.1 Å². The monoisotopic (exact) mass is 135 g/mol. The molecule has 1 rings (SSSR count). The van der Waals surface area contributed by atoms with Crippen molar-refractivity contribution < 1.29 is 0 Å². The van der Waals surface area contributed by atoms with Crippen molar-refractivity contribution in [2.75, 3.05) is 0 Å². The van der Waals surface area contributed by atoms with Gasteiger partial charge in [-0.2, -0.15) is 0 Å². The molecular formula is C8H11N2. The molecule has 1 aromatic rings. The molecule has 10 heavy (non-hydrogen) atoms. The second-order valence-corrected chi connectivity index (χ2v) is 2.36. The lowest BCUT2D eigenvalue weighted by Gasteiger charge is -2.04. The Morgan fingerprint density at radius 1 is 1.70 bits per heavy atom. The van der Waals surface area contributed by atoms with Gasteiger partial charge in [-0.05, 0) is 12.3 Å². The molecule has 0 N–H and O–H groups in total. The molecule has 0 aliphatic heterocycles. The first-order valence-electron chi connectivity index (χ1n) is 3.52. The summed E-state index contributed by atoms with van der Waals surface area (Å²) in [4.78, 5) is 7.88. The third-order valence-electron chi connectivity index (χ3n) is 1.63. The minimum Gasteiger partial charge on any atom is -0.244 e. The zero-order valence-corrected chi connectivity index (χ0v) is 6.33. The van der Waals surface area contributed by atoms with Gasteiger partial charge in [0.1, 0.15) is 6.33 Å². The first kappa shape index (κ1) is 7.19. The maximum atomic E-state index is 4.08. The highest BCUT2D eigenvalue weighted by molar-refractivity contribution is 5.01. The molecule has 1 heterocycles. The number of aromatic nitrogens is 2. The Hall–Kier alpha value is -0.920. The molecule has 0 spiro atoms. The van der Waals surface area contributed by atoms with Gasteiger partial charge >= 0.3 is 0 Å². The number of rotatable bonds is 2. The van der Waals surface area contributed by atoms with Gasteiger partial charge in [0.15, 0.2) is 0 Å². The molecule has 0 bridgehead atoms. The maximum absolute atomic E-state index is 4.08. The Balaban J connectivity index is 2.75. The van der Waals surface area contributed by atoms with Crippen LogP contribution in [0.4, 0.5) is 0 Å². The zero-order valence-electron chi connectivity index (χ0n) is 6.33. The fourth-order valence-corrected chi connectivity index (χ4v) is 0.732. The summed E-state index contributed by atoms with van der Waals surface area (Å²) in [5, 5.41) is 0. The predicted octanol–water partition coefficient (Wildman–Crippen LogP) is 1.79. The highest BCUT2D eigenvalue weighted by Gasteiger charge is 2.01. The summed E-state index contributed by atoms with van der Waals surface area (Å²) in [6.45, 7) is 4.28. The fourth-order valence-electron chi connectivity index (χ4n) is 0.732. The molecule has 1 unspecified atom stereocenters. The summed E-state index contributed by atoms with van der Waals surface area (Å²) in [6, 6.07) is 3.00. The summed E-state index contributed by atoms with van der Waals surface area (Å²) >= 11 is 0. The molecule has 0 saturated heterocycles. The van der Waals surface area contributed by atoms with Crippen LogP contribution in [-0.4, -0.2) is 9.97 Å². The van der Waals surface area contributed by atoms with E-state index in [9.17, 15) is 0 Å². The Morgan fingerprint density at radius 2 is 2.50 bits per heavy atom. The summed E-state index contributed by atoms with van der Waals surface area (Å²) < 4.78 is 0. The van der Waals surface area contributed by atoms with Gasteiger partial charge in [-0.15, -0.1) is 0 Å². The lowest BCUT2D eigenvalue weighted by molar-refractivity contribution is 0.703. The average Bonchev–Trinajstić information content (AvgIpc) is 2.05. The van der Waals surface area contributed by atoms with E-state index in [1.165, 1.54) is 0 Å². The summed E-state index contributed by atoms with van der Waals surface area (Å²) in [6.07, 6.45) is 4.33. The van der Waals surface area contributed by atoms with Crippen LogP contribution in [0.3, 0.4) is 0 Å². The normalized spacial score (nSPS) is 13.0. The van der Waals surface area contributed by atoms with Crippen molar-refractivity contribution in [3.8, 4) is 0 Å². The van der Waals surface area contributed by atoms with E-state index in [-0.39, 0.29) is 0 Å². The van der Waals surface area contributed by atoms with E-state index in [1.807, 2.05) is 0 Å². The van der Waals surface area contributed by atoms with E-state index >= 15 is 0 Å². The molecule has 0 aliphatic rings. The van der Waals surface area contributed by atoms with Crippen molar-refractivity contribution in [1.82, 2.24) is 9.97 Å². The van der Waals surface area contributed by atoms with E-state index in [2.05, 4.69) is 29.9 Å². The van der Waals surface area contributed by atoms with Gasteiger partial charge in [0, 0.05) is 12.3 Å². The third-order valence-corrected chi connectivity index (χ3v) is 1.63. The Labute approximate surface area is 61.3 Å². The van der Waals surface area contributed by atoms with Crippen molar-refractivity contribution >= 4 is 0 Å². The average molecular weight is 135 g/mol. The maximum Gasteiger partial charge on any atom is 0.115 e. The lowest BCUT2D eigenvalue weighted by atomic mass is 10.1. The summed E-state index contributed by atoms with van der Waals surface area (Å²) in [7, 11) is 0. The van der Waals surface area contributed by atoms with E-state index in [4.69, 9.17) is 0 Å². The van der Waals surface area contributed by atoms with Crippen LogP contribution in [0, 0.1) is 6.07 Å². The third kappa shape index (κ3) is 1.53. The van der Waals surface area contributed by atoms with Crippen LogP contribution in [0.1, 0.15) is 31.9 Å². The molecular weight excluding hydrogens is 124 g/mol. The van der Waals surface area contributed by atoms with Crippen LogP contribution in [-0.2, 0) is 0 Å². The number of nitrogens with zero attached hydrogens (tertiary/aromatic N) is 2. The molecule has 0 fully saturated rings. The fraction of sp³-hybridized carbons (Fsp3) is 0.500. The molecule has 0 aliphatic carbocycles. The zero-order chi connectivity index (χ0) is 7.40. The van der Waals surface area contributed by atoms with Gasteiger partial charge in [0.05, 0.1) is 5.69 Å². The molecule has 0 amide bonds. The van der Waals surface area contributed by atoms with Crippen LogP contribution in [0.15, 0.2) is 12.5 Å². The van der Waals surface area contributed by atoms with Gasteiger partial charge in [-0.3, -0.25) is 0 Å². The topological polar surface area (TPSA) is 25.8 Å². The first-order valence-corrected chi connectivity index (χ1v) is 3.52. The van der Waals surface area contributed by atoms with E-state index < -0.39 is 0 Å². The Kier molecular flexibility index (Phi) is 2.37. The van der Waals surface area contributed by atoms with Crippen LogP contribution < -0.4 is 0 Å². The predicted molar refractivity (Wildman–Crippen MR) is 39.6 cm³/mol. The largest absolute Gasteiger partial charge is 0.244 e. The van der Waals surface area contributed by atoms with E-state index in [0.29, 0.717) is 5.92 Å². The minimum atomic E-state index is 0.503. The van der Waals surface area contributed by atoms with Crippen LogP contribution in [0.5, 0.6) is 0 Å². The number of hydrogen-bond acceptors (Lipinski definition) is 2. The van der Waals surface area contributed by atoms with Crippen molar-refractivity contribution in [2.45, 2.75) is 26.2 Å². The van der Waals surface area contributed by atoms with Crippen molar-refractivity contribution in [3.63, 3.8) is 0 Å². The molecule has 2 nitrogen and oxygen atoms in total. The van der Waals surface area contributed by atoms with Gasteiger partial charge < -0.3 is 0 Å². The van der Waals surface area contributed by atoms with Crippen molar-refractivity contribution in [1.29, 1.82) is 0 Å². The van der Waals surface area contributed by atoms with Crippen molar-refractivity contribution in [2.24, 2.45) is 0 Å². The quantitative estimate of drug-likeness (QED) is 0.617. The molecule has 1 aromatic heterocycles. The Morgan fingerprint density at radius 3 is 3.00 bits per heavy atom. The lowest BCUT2D eigenvalue weighted by Crippen LogP contribution is -1.94. The molecule has 0 saturated carbocycles. The first-order chi connectivity index (χ1) is 4.84. The van der Waals surface area contributed by atoms with Gasteiger partial charge in [-0.25, -0.2) is 9.97 Å². The van der Waals surface area contributed by atoms with Gasteiger partial charge in [-0.1, -0.05) is 13.8 Å². The van der Waals surface area contributed by atoms with Crippen molar-refractivity contribution in [3.05, 3.63) is 24.3 Å². The van der Waals surface area contributed by atoms with E-state index in [1.54, 1.807) is 12.5 Å².